The minimum Gasteiger partial charge on any atom is -0.493 e. The Hall–Kier alpha value is -2.63. The minimum absolute atomic E-state index is 0.0337. The van der Waals surface area contributed by atoms with Gasteiger partial charge in [0.15, 0.2) is 5.60 Å². The standard InChI is InChI=1S/C27H32F4N2O4S/c1-5-33(6-2)38(35,36)21-7-8-23-18(13-21)12-20(32-23)15-26(34,27(29,30)31)16-25(3,4)22-14-19(28)11-17-9-10-37-24(17)22/h7-8,11-14,32,34H,5-6,9-10,15-16H2,1-4H3. The molecule has 1 aliphatic rings. The number of halogens is 4. The number of aromatic nitrogens is 1. The molecule has 0 saturated carbocycles. The minimum atomic E-state index is -5.00. The van der Waals surface area contributed by atoms with Crippen LogP contribution in [-0.2, 0) is 28.3 Å². The molecule has 1 unspecified atom stereocenters. The number of nitrogens with one attached hydrogen (secondary N) is 1. The van der Waals surface area contributed by atoms with E-state index in [1.165, 1.54) is 54.6 Å². The summed E-state index contributed by atoms with van der Waals surface area (Å²) in [5.41, 5.74) is -3.05. The zero-order valence-corrected chi connectivity index (χ0v) is 22.6. The summed E-state index contributed by atoms with van der Waals surface area (Å²) in [5.74, 6) is -0.201. The summed E-state index contributed by atoms with van der Waals surface area (Å²) in [6.07, 6.45) is -6.10. The number of fused-ring (bicyclic) bond motifs is 2. The molecule has 0 saturated heterocycles. The van der Waals surface area contributed by atoms with Gasteiger partial charge in [-0.05, 0) is 48.2 Å². The zero-order chi connectivity index (χ0) is 28.1. The van der Waals surface area contributed by atoms with E-state index in [0.717, 1.165) is 0 Å². The maximum atomic E-state index is 14.4. The van der Waals surface area contributed by atoms with Crippen molar-refractivity contribution in [2.24, 2.45) is 0 Å². The van der Waals surface area contributed by atoms with Gasteiger partial charge in [0.05, 0.1) is 11.5 Å². The van der Waals surface area contributed by atoms with Crippen LogP contribution in [0, 0.1) is 5.82 Å². The molecule has 6 nitrogen and oxygen atoms in total. The summed E-state index contributed by atoms with van der Waals surface area (Å²) >= 11 is 0. The van der Waals surface area contributed by atoms with Crippen LogP contribution in [0.5, 0.6) is 5.75 Å². The number of aliphatic hydroxyl groups is 1. The number of hydrogen-bond donors (Lipinski definition) is 2. The molecule has 0 bridgehead atoms. The van der Waals surface area contributed by atoms with Gasteiger partial charge in [-0.15, -0.1) is 0 Å². The van der Waals surface area contributed by atoms with Crippen molar-refractivity contribution in [1.82, 2.24) is 9.29 Å². The van der Waals surface area contributed by atoms with Crippen LogP contribution in [0.4, 0.5) is 17.6 Å². The summed E-state index contributed by atoms with van der Waals surface area (Å²) in [4.78, 5) is 2.92. The van der Waals surface area contributed by atoms with Crippen LogP contribution in [0.3, 0.4) is 0 Å². The number of alkyl halides is 3. The molecule has 1 atom stereocenters. The van der Waals surface area contributed by atoms with E-state index in [-0.39, 0.29) is 29.2 Å². The number of hydrogen-bond acceptors (Lipinski definition) is 4. The molecule has 2 aromatic carbocycles. The lowest BCUT2D eigenvalue weighted by Gasteiger charge is -2.38. The highest BCUT2D eigenvalue weighted by atomic mass is 32.2. The van der Waals surface area contributed by atoms with Crippen molar-refractivity contribution in [3.8, 4) is 5.75 Å². The van der Waals surface area contributed by atoms with Gasteiger partial charge in [-0.25, -0.2) is 12.8 Å². The van der Waals surface area contributed by atoms with E-state index in [9.17, 15) is 31.1 Å². The highest BCUT2D eigenvalue weighted by Gasteiger charge is 2.56. The van der Waals surface area contributed by atoms with Crippen molar-refractivity contribution in [3.63, 3.8) is 0 Å². The first-order chi connectivity index (χ1) is 17.6. The first-order valence-corrected chi connectivity index (χ1v) is 13.9. The molecule has 0 spiro atoms. The summed E-state index contributed by atoms with van der Waals surface area (Å²) in [6.45, 7) is 7.36. The van der Waals surface area contributed by atoms with Crippen molar-refractivity contribution in [2.45, 2.75) is 69.0 Å². The maximum absolute atomic E-state index is 14.4. The Morgan fingerprint density at radius 3 is 2.39 bits per heavy atom. The van der Waals surface area contributed by atoms with E-state index < -0.39 is 45.9 Å². The second kappa shape index (κ2) is 9.84. The lowest BCUT2D eigenvalue weighted by molar-refractivity contribution is -0.266. The molecule has 0 fully saturated rings. The first-order valence-electron chi connectivity index (χ1n) is 12.5. The highest BCUT2D eigenvalue weighted by Crippen LogP contribution is 2.47. The maximum Gasteiger partial charge on any atom is 0.417 e. The van der Waals surface area contributed by atoms with Crippen molar-refractivity contribution < 1.29 is 35.8 Å². The van der Waals surface area contributed by atoms with E-state index in [0.29, 0.717) is 35.2 Å². The van der Waals surface area contributed by atoms with E-state index in [1.807, 2.05) is 0 Å². The SMILES string of the molecule is CCN(CC)S(=O)(=O)c1ccc2[nH]c(CC(O)(CC(C)(C)c3cc(F)cc4c3OCC4)C(F)(F)F)cc2c1. The largest absolute Gasteiger partial charge is 0.493 e. The molecule has 2 heterocycles. The Kier molecular flexibility index (Phi) is 7.35. The van der Waals surface area contributed by atoms with Crippen molar-refractivity contribution in [1.29, 1.82) is 0 Å². The van der Waals surface area contributed by atoms with Gasteiger partial charge in [-0.3, -0.25) is 0 Å². The normalized spacial score (nSPS) is 16.1. The second-order valence-corrected chi connectivity index (χ2v) is 12.4. The first kappa shape index (κ1) is 28.4. The number of H-pyrrole nitrogens is 1. The summed E-state index contributed by atoms with van der Waals surface area (Å²) in [7, 11) is -3.76. The van der Waals surface area contributed by atoms with Gasteiger partial charge in [-0.1, -0.05) is 27.7 Å². The fourth-order valence-electron chi connectivity index (χ4n) is 5.32. The molecule has 0 amide bonds. The van der Waals surface area contributed by atoms with Crippen molar-refractivity contribution in [2.75, 3.05) is 19.7 Å². The summed E-state index contributed by atoms with van der Waals surface area (Å²) in [5, 5.41) is 11.5. The Morgan fingerprint density at radius 2 is 1.76 bits per heavy atom. The van der Waals surface area contributed by atoms with E-state index >= 15 is 0 Å². The summed E-state index contributed by atoms with van der Waals surface area (Å²) < 4.78 is 90.1. The molecule has 4 rings (SSSR count). The average molecular weight is 557 g/mol. The van der Waals surface area contributed by atoms with Gasteiger partial charge < -0.3 is 14.8 Å². The zero-order valence-electron chi connectivity index (χ0n) is 21.7. The third-order valence-electron chi connectivity index (χ3n) is 7.21. The molecule has 208 valence electrons. The van der Waals surface area contributed by atoms with E-state index in [2.05, 4.69) is 4.98 Å². The molecular weight excluding hydrogens is 524 g/mol. The predicted octanol–water partition coefficient (Wildman–Crippen LogP) is 5.48. The van der Waals surface area contributed by atoms with Gasteiger partial charge >= 0.3 is 6.18 Å². The lowest BCUT2D eigenvalue weighted by Crippen LogP contribution is -2.51. The molecular formula is C27H32F4N2O4S. The highest BCUT2D eigenvalue weighted by molar-refractivity contribution is 7.89. The van der Waals surface area contributed by atoms with E-state index in [1.54, 1.807) is 13.8 Å². The number of nitrogens with zero attached hydrogens (tertiary/aromatic N) is 1. The van der Waals surface area contributed by atoms with Gasteiger partial charge in [0.1, 0.15) is 11.6 Å². The van der Waals surface area contributed by atoms with Crippen LogP contribution in [0.25, 0.3) is 10.9 Å². The quantitative estimate of drug-likeness (QED) is 0.342. The van der Waals surface area contributed by atoms with Crippen LogP contribution >= 0.6 is 0 Å². The predicted molar refractivity (Wildman–Crippen MR) is 136 cm³/mol. The molecule has 0 radical (unpaired) electrons. The monoisotopic (exact) mass is 556 g/mol. The van der Waals surface area contributed by atoms with Crippen LogP contribution in [0.15, 0.2) is 41.3 Å². The summed E-state index contributed by atoms with van der Waals surface area (Å²) in [6, 6.07) is 8.22. The topological polar surface area (TPSA) is 82.6 Å². The third kappa shape index (κ3) is 5.15. The Labute approximate surface area is 219 Å². The number of rotatable bonds is 9. The fourth-order valence-corrected chi connectivity index (χ4v) is 6.81. The third-order valence-corrected chi connectivity index (χ3v) is 9.26. The van der Waals surface area contributed by atoms with Crippen LogP contribution < -0.4 is 4.74 Å². The molecule has 2 N–H and O–H groups in total. The molecule has 1 aliphatic heterocycles. The Bertz CT molecular complexity index is 1450. The number of aromatic amines is 1. The van der Waals surface area contributed by atoms with E-state index in [4.69, 9.17) is 4.74 Å². The van der Waals surface area contributed by atoms with Crippen LogP contribution in [-0.4, -0.2) is 54.3 Å². The van der Waals surface area contributed by atoms with Crippen LogP contribution in [0.1, 0.15) is 50.9 Å². The number of benzene rings is 2. The average Bonchev–Trinajstić information content (AvgIpc) is 3.43. The molecule has 1 aromatic heterocycles. The number of sulfonamides is 1. The van der Waals surface area contributed by atoms with Crippen molar-refractivity contribution in [3.05, 3.63) is 59.0 Å². The van der Waals surface area contributed by atoms with Gasteiger partial charge in [0.25, 0.3) is 0 Å². The fraction of sp³-hybridized carbons (Fsp3) is 0.481. The number of ether oxygens (including phenoxy) is 1. The molecule has 38 heavy (non-hydrogen) atoms. The smallest absolute Gasteiger partial charge is 0.417 e. The molecule has 11 heteroatoms. The van der Waals surface area contributed by atoms with Crippen LogP contribution in [0.2, 0.25) is 0 Å². The van der Waals surface area contributed by atoms with Gasteiger partial charge in [0, 0.05) is 53.7 Å². The Morgan fingerprint density at radius 1 is 1.08 bits per heavy atom. The molecule has 3 aromatic rings. The molecule has 0 aliphatic carbocycles. The Balaban J connectivity index is 1.69. The second-order valence-electron chi connectivity index (χ2n) is 10.4. The van der Waals surface area contributed by atoms with Gasteiger partial charge in [-0.2, -0.15) is 17.5 Å². The van der Waals surface area contributed by atoms with Gasteiger partial charge in [0.2, 0.25) is 10.0 Å². The lowest BCUT2D eigenvalue weighted by atomic mass is 9.72. The van der Waals surface area contributed by atoms with Crippen molar-refractivity contribution >= 4 is 20.9 Å².